The summed E-state index contributed by atoms with van der Waals surface area (Å²) in [6.45, 7) is 12.5. The summed E-state index contributed by atoms with van der Waals surface area (Å²) in [7, 11) is 0. The molecule has 0 unspecified atom stereocenters. The molecular weight excluding hydrogens is 298 g/mol. The Balaban J connectivity index is 2.03. The van der Waals surface area contributed by atoms with Crippen LogP contribution in [0.2, 0.25) is 0 Å². The summed E-state index contributed by atoms with van der Waals surface area (Å²) in [4.78, 5) is 6.62. The van der Waals surface area contributed by atoms with Crippen LogP contribution in [0, 0.1) is 18.3 Å². The highest BCUT2D eigenvalue weighted by atomic mass is 15.4. The fraction of sp³-hybridized carbons (Fsp3) is 0.263. The van der Waals surface area contributed by atoms with Crippen molar-refractivity contribution >= 4 is 22.9 Å². The van der Waals surface area contributed by atoms with Crippen molar-refractivity contribution in [2.45, 2.75) is 33.2 Å². The van der Waals surface area contributed by atoms with E-state index in [9.17, 15) is 0 Å². The van der Waals surface area contributed by atoms with E-state index in [0.29, 0.717) is 5.56 Å². The van der Waals surface area contributed by atoms with Crippen molar-refractivity contribution in [1.29, 1.82) is 5.26 Å². The van der Waals surface area contributed by atoms with Crippen LogP contribution in [0.25, 0.3) is 0 Å². The number of anilines is 4. The summed E-state index contributed by atoms with van der Waals surface area (Å²) in [5, 5.41) is 15.9. The number of benzene rings is 1. The monoisotopic (exact) mass is 319 g/mol. The van der Waals surface area contributed by atoms with Gasteiger partial charge in [-0.05, 0) is 51.5 Å². The zero-order valence-corrected chi connectivity index (χ0v) is 14.4. The first-order valence-electron chi connectivity index (χ1n) is 7.84. The lowest BCUT2D eigenvalue weighted by molar-refractivity contribution is 0.546. The van der Waals surface area contributed by atoms with E-state index in [4.69, 9.17) is 5.26 Å². The molecule has 122 valence electrons. The molecule has 1 aliphatic rings. The van der Waals surface area contributed by atoms with Crippen LogP contribution in [-0.2, 0) is 0 Å². The maximum atomic E-state index is 9.11. The topological polar surface area (TPSA) is 64.0 Å². The third-order valence-electron chi connectivity index (χ3n) is 3.99. The smallest absolute Gasteiger partial charge is 0.160 e. The van der Waals surface area contributed by atoms with E-state index in [-0.39, 0.29) is 5.54 Å². The molecule has 3 rings (SSSR count). The molecule has 0 saturated heterocycles. The van der Waals surface area contributed by atoms with Crippen molar-refractivity contribution in [2.24, 2.45) is 0 Å². The number of nitriles is 1. The quantitative estimate of drug-likeness (QED) is 0.853. The van der Waals surface area contributed by atoms with Gasteiger partial charge in [-0.3, -0.25) is 0 Å². The number of nitrogens with one attached hydrogen (secondary N) is 2. The molecule has 2 heterocycles. The molecule has 1 aromatic heterocycles. The highest BCUT2D eigenvalue weighted by Crippen LogP contribution is 2.43. The number of pyridine rings is 1. The Bertz CT molecular complexity index is 855. The first-order valence-corrected chi connectivity index (χ1v) is 7.84. The van der Waals surface area contributed by atoms with Crippen molar-refractivity contribution in [3.8, 4) is 6.07 Å². The molecule has 2 aromatic rings. The number of aromatic nitrogens is 1. The predicted octanol–water partition coefficient (Wildman–Crippen LogP) is 4.51. The third-order valence-corrected chi connectivity index (χ3v) is 3.99. The SMILES string of the molecule is C=C1Nc2c(Nc3cc(C#N)ccc3C)ccnc2N1C(C)(C)C. The van der Waals surface area contributed by atoms with Gasteiger partial charge in [-0.2, -0.15) is 5.26 Å². The number of fused-ring (bicyclic) bond motifs is 1. The molecule has 5 nitrogen and oxygen atoms in total. The minimum absolute atomic E-state index is 0.127. The molecule has 0 amide bonds. The number of hydrogen-bond donors (Lipinski definition) is 2. The van der Waals surface area contributed by atoms with Crippen LogP contribution >= 0.6 is 0 Å². The van der Waals surface area contributed by atoms with E-state index in [0.717, 1.165) is 34.3 Å². The molecule has 2 N–H and O–H groups in total. The molecular formula is C19H21N5. The third kappa shape index (κ3) is 2.67. The number of nitrogens with zero attached hydrogens (tertiary/aromatic N) is 3. The average molecular weight is 319 g/mol. The van der Waals surface area contributed by atoms with Gasteiger partial charge >= 0.3 is 0 Å². The number of aryl methyl sites for hydroxylation is 1. The average Bonchev–Trinajstić information content (AvgIpc) is 2.86. The normalized spacial score (nSPS) is 13.3. The van der Waals surface area contributed by atoms with Crippen molar-refractivity contribution in [3.05, 3.63) is 54.0 Å². The van der Waals surface area contributed by atoms with E-state index < -0.39 is 0 Å². The molecule has 0 fully saturated rings. The minimum atomic E-state index is -0.127. The van der Waals surface area contributed by atoms with Gasteiger partial charge in [0.1, 0.15) is 11.5 Å². The van der Waals surface area contributed by atoms with Crippen LogP contribution in [-0.4, -0.2) is 10.5 Å². The van der Waals surface area contributed by atoms with Crippen molar-refractivity contribution < 1.29 is 0 Å². The van der Waals surface area contributed by atoms with Gasteiger partial charge in [-0.25, -0.2) is 4.98 Å². The molecule has 0 aliphatic carbocycles. The molecule has 24 heavy (non-hydrogen) atoms. The van der Waals surface area contributed by atoms with Gasteiger partial charge in [0.2, 0.25) is 0 Å². The van der Waals surface area contributed by atoms with E-state index in [1.54, 1.807) is 6.20 Å². The molecule has 0 radical (unpaired) electrons. The summed E-state index contributed by atoms with van der Waals surface area (Å²) in [6.07, 6.45) is 1.78. The highest BCUT2D eigenvalue weighted by molar-refractivity contribution is 5.90. The van der Waals surface area contributed by atoms with Crippen LogP contribution in [0.4, 0.5) is 22.9 Å². The van der Waals surface area contributed by atoms with Crippen LogP contribution in [0.3, 0.4) is 0 Å². The lowest BCUT2D eigenvalue weighted by Crippen LogP contribution is -2.39. The zero-order valence-electron chi connectivity index (χ0n) is 14.4. The van der Waals surface area contributed by atoms with E-state index >= 15 is 0 Å². The second-order valence-corrected chi connectivity index (χ2v) is 6.90. The van der Waals surface area contributed by atoms with Gasteiger partial charge in [0.25, 0.3) is 0 Å². The van der Waals surface area contributed by atoms with Gasteiger partial charge < -0.3 is 15.5 Å². The second-order valence-electron chi connectivity index (χ2n) is 6.90. The number of hydrogen-bond acceptors (Lipinski definition) is 5. The van der Waals surface area contributed by atoms with E-state index in [1.807, 2.05) is 31.2 Å². The zero-order chi connectivity index (χ0) is 17.5. The molecule has 0 atom stereocenters. The first-order chi connectivity index (χ1) is 11.3. The lowest BCUT2D eigenvalue weighted by Gasteiger charge is -2.33. The summed E-state index contributed by atoms with van der Waals surface area (Å²) < 4.78 is 0. The minimum Gasteiger partial charge on any atom is -0.353 e. The molecule has 5 heteroatoms. The molecule has 0 bridgehead atoms. The van der Waals surface area contributed by atoms with Gasteiger partial charge in [0.15, 0.2) is 5.82 Å². The molecule has 1 aliphatic heterocycles. The van der Waals surface area contributed by atoms with Crippen molar-refractivity contribution in [1.82, 2.24) is 4.98 Å². The fourth-order valence-corrected chi connectivity index (χ4v) is 2.87. The highest BCUT2D eigenvalue weighted by Gasteiger charge is 2.34. The van der Waals surface area contributed by atoms with E-state index in [2.05, 4.69) is 53.9 Å². The van der Waals surface area contributed by atoms with Gasteiger partial charge in [-0.1, -0.05) is 12.6 Å². The van der Waals surface area contributed by atoms with Crippen LogP contribution in [0.1, 0.15) is 31.9 Å². The van der Waals surface area contributed by atoms with Gasteiger partial charge in [-0.15, -0.1) is 0 Å². The predicted molar refractivity (Wildman–Crippen MR) is 98.4 cm³/mol. The fourth-order valence-electron chi connectivity index (χ4n) is 2.87. The first kappa shape index (κ1) is 15.9. The molecule has 1 aromatic carbocycles. The Hall–Kier alpha value is -3.00. The second kappa shape index (κ2) is 5.57. The van der Waals surface area contributed by atoms with Crippen LogP contribution in [0.5, 0.6) is 0 Å². The Morgan fingerprint density at radius 1 is 1.25 bits per heavy atom. The molecule has 0 spiro atoms. The Morgan fingerprint density at radius 3 is 2.67 bits per heavy atom. The standard InChI is InChI=1S/C19H21N5/c1-12-6-7-14(11-20)10-16(12)23-15-8-9-21-18-17(15)22-13(2)24(18)19(3,4)5/h6-10,22H,2H2,1,3-5H3,(H,21,23). The summed E-state index contributed by atoms with van der Waals surface area (Å²) >= 11 is 0. The maximum absolute atomic E-state index is 9.11. The molecule has 0 saturated carbocycles. The van der Waals surface area contributed by atoms with Gasteiger partial charge in [0.05, 0.1) is 17.3 Å². The summed E-state index contributed by atoms with van der Waals surface area (Å²) in [5.74, 6) is 1.66. The van der Waals surface area contributed by atoms with Crippen molar-refractivity contribution in [2.75, 3.05) is 15.5 Å². The van der Waals surface area contributed by atoms with Crippen molar-refractivity contribution in [3.63, 3.8) is 0 Å². The Morgan fingerprint density at radius 2 is 2.00 bits per heavy atom. The Kier molecular flexibility index (Phi) is 3.69. The summed E-state index contributed by atoms with van der Waals surface area (Å²) in [6, 6.07) is 9.71. The van der Waals surface area contributed by atoms with Crippen LogP contribution in [0.15, 0.2) is 42.9 Å². The largest absolute Gasteiger partial charge is 0.353 e. The lowest BCUT2D eigenvalue weighted by atomic mass is 10.1. The maximum Gasteiger partial charge on any atom is 0.160 e. The van der Waals surface area contributed by atoms with Crippen LogP contribution < -0.4 is 15.5 Å². The van der Waals surface area contributed by atoms with Gasteiger partial charge in [0, 0.05) is 17.4 Å². The van der Waals surface area contributed by atoms with E-state index in [1.165, 1.54) is 0 Å². The Labute approximate surface area is 142 Å². The number of rotatable bonds is 2. The summed E-state index contributed by atoms with van der Waals surface area (Å²) in [5.41, 5.74) is 4.29.